The van der Waals surface area contributed by atoms with Crippen LogP contribution in [0.15, 0.2) is 22.7 Å². The molecule has 102 valence electrons. The first-order chi connectivity index (χ1) is 8.48. The predicted molar refractivity (Wildman–Crippen MR) is 79.9 cm³/mol. The van der Waals surface area contributed by atoms with Crippen LogP contribution in [-0.2, 0) is 6.54 Å². The van der Waals surface area contributed by atoms with Gasteiger partial charge in [0.25, 0.3) is 0 Å². The molecule has 0 amide bonds. The normalized spacial score (nSPS) is 11.6. The highest BCUT2D eigenvalue weighted by Crippen LogP contribution is 2.25. The molecular formula is C14H23BrN2O. The zero-order valence-electron chi connectivity index (χ0n) is 11.4. The van der Waals surface area contributed by atoms with E-state index in [0.717, 1.165) is 36.3 Å². The fourth-order valence-electron chi connectivity index (χ4n) is 1.84. The third-order valence-corrected chi connectivity index (χ3v) is 3.59. The summed E-state index contributed by atoms with van der Waals surface area (Å²) in [6, 6.07) is 6.14. The van der Waals surface area contributed by atoms with Gasteiger partial charge in [-0.25, -0.2) is 0 Å². The van der Waals surface area contributed by atoms with Gasteiger partial charge in [-0.15, -0.1) is 0 Å². The lowest BCUT2D eigenvalue weighted by Gasteiger charge is -2.24. The van der Waals surface area contributed by atoms with Gasteiger partial charge >= 0.3 is 0 Å². The molecule has 0 aromatic heterocycles. The van der Waals surface area contributed by atoms with E-state index in [1.807, 2.05) is 6.07 Å². The van der Waals surface area contributed by atoms with Crippen LogP contribution in [0.5, 0.6) is 5.75 Å². The summed E-state index contributed by atoms with van der Waals surface area (Å²) in [6.07, 6.45) is 1.03. The minimum absolute atomic E-state index is 0.248. The molecule has 0 atom stereocenters. The monoisotopic (exact) mass is 314 g/mol. The fraction of sp³-hybridized carbons (Fsp3) is 0.571. The summed E-state index contributed by atoms with van der Waals surface area (Å²) in [5, 5.41) is 3.47. The third-order valence-electron chi connectivity index (χ3n) is 2.97. The molecule has 0 fully saturated rings. The summed E-state index contributed by atoms with van der Waals surface area (Å²) in [4.78, 5) is 0. The summed E-state index contributed by atoms with van der Waals surface area (Å²) in [6.45, 7) is 7.03. The second-order valence-corrected chi connectivity index (χ2v) is 6.13. The lowest BCUT2D eigenvalue weighted by Crippen LogP contribution is -2.30. The molecule has 0 aliphatic carbocycles. The number of hydrogen-bond donors (Lipinski definition) is 2. The van der Waals surface area contributed by atoms with Crippen LogP contribution in [0.25, 0.3) is 0 Å². The second-order valence-electron chi connectivity index (χ2n) is 5.28. The van der Waals surface area contributed by atoms with Crippen molar-refractivity contribution in [3.05, 3.63) is 28.2 Å². The smallest absolute Gasteiger partial charge is 0.133 e. The number of ether oxygens (including phenoxy) is 1. The summed E-state index contributed by atoms with van der Waals surface area (Å²) in [5.74, 6) is 0.863. The van der Waals surface area contributed by atoms with E-state index in [2.05, 4.69) is 47.2 Å². The van der Waals surface area contributed by atoms with Crippen LogP contribution in [-0.4, -0.2) is 20.2 Å². The van der Waals surface area contributed by atoms with Crippen molar-refractivity contribution in [3.8, 4) is 5.75 Å². The van der Waals surface area contributed by atoms with E-state index < -0.39 is 0 Å². The molecular weight excluding hydrogens is 292 g/mol. The Morgan fingerprint density at radius 3 is 2.67 bits per heavy atom. The molecule has 0 spiro atoms. The Morgan fingerprint density at radius 2 is 2.11 bits per heavy atom. The maximum atomic E-state index is 5.60. The standard InChI is InChI=1S/C14H23BrN2O/c1-14(2,6-7-16)10-17-9-11-4-5-13(18-3)12(15)8-11/h4-5,8,17H,6-7,9-10,16H2,1-3H3. The largest absolute Gasteiger partial charge is 0.496 e. The summed E-state index contributed by atoms with van der Waals surface area (Å²) in [5.41, 5.74) is 7.09. The molecule has 18 heavy (non-hydrogen) atoms. The van der Waals surface area contributed by atoms with E-state index in [1.54, 1.807) is 7.11 Å². The number of hydrogen-bond acceptors (Lipinski definition) is 3. The van der Waals surface area contributed by atoms with Crippen LogP contribution >= 0.6 is 15.9 Å². The van der Waals surface area contributed by atoms with Crippen molar-refractivity contribution < 1.29 is 4.74 Å². The summed E-state index contributed by atoms with van der Waals surface area (Å²) < 4.78 is 6.20. The van der Waals surface area contributed by atoms with Crippen molar-refractivity contribution in [1.29, 1.82) is 0 Å². The minimum atomic E-state index is 0.248. The quantitative estimate of drug-likeness (QED) is 0.813. The second kappa shape index (κ2) is 7.12. The van der Waals surface area contributed by atoms with Gasteiger partial charge in [0, 0.05) is 13.1 Å². The van der Waals surface area contributed by atoms with Crippen molar-refractivity contribution in [3.63, 3.8) is 0 Å². The molecule has 3 N–H and O–H groups in total. The van der Waals surface area contributed by atoms with Gasteiger partial charge in [0.1, 0.15) is 5.75 Å². The van der Waals surface area contributed by atoms with Gasteiger partial charge in [0.05, 0.1) is 11.6 Å². The molecule has 0 radical (unpaired) electrons. The number of rotatable bonds is 7. The number of halogens is 1. The zero-order valence-corrected chi connectivity index (χ0v) is 13.0. The third kappa shape index (κ3) is 4.96. The lowest BCUT2D eigenvalue weighted by atomic mass is 9.89. The van der Waals surface area contributed by atoms with Crippen LogP contribution in [0.4, 0.5) is 0 Å². The molecule has 0 unspecified atom stereocenters. The van der Waals surface area contributed by atoms with Gasteiger partial charge in [-0.05, 0) is 52.0 Å². The zero-order chi connectivity index (χ0) is 13.6. The number of methoxy groups -OCH3 is 1. The average molecular weight is 315 g/mol. The number of nitrogens with two attached hydrogens (primary N) is 1. The first-order valence-corrected chi connectivity index (χ1v) is 7.01. The maximum absolute atomic E-state index is 5.60. The topological polar surface area (TPSA) is 47.3 Å². The van der Waals surface area contributed by atoms with E-state index >= 15 is 0 Å². The van der Waals surface area contributed by atoms with Gasteiger partial charge in [0.2, 0.25) is 0 Å². The van der Waals surface area contributed by atoms with Crippen LogP contribution in [0.3, 0.4) is 0 Å². The Hall–Kier alpha value is -0.580. The first-order valence-electron chi connectivity index (χ1n) is 6.22. The summed E-state index contributed by atoms with van der Waals surface area (Å²) in [7, 11) is 1.67. The Labute approximate surface area is 118 Å². The maximum Gasteiger partial charge on any atom is 0.133 e. The minimum Gasteiger partial charge on any atom is -0.496 e. The van der Waals surface area contributed by atoms with Crippen molar-refractivity contribution in [2.75, 3.05) is 20.2 Å². The molecule has 3 nitrogen and oxygen atoms in total. The van der Waals surface area contributed by atoms with Gasteiger partial charge in [-0.2, -0.15) is 0 Å². The van der Waals surface area contributed by atoms with Gasteiger partial charge < -0.3 is 15.8 Å². The Kier molecular flexibility index (Phi) is 6.12. The number of benzene rings is 1. The van der Waals surface area contributed by atoms with Crippen molar-refractivity contribution in [1.82, 2.24) is 5.32 Å². The molecule has 0 aliphatic rings. The van der Waals surface area contributed by atoms with Gasteiger partial charge in [-0.1, -0.05) is 19.9 Å². The van der Waals surface area contributed by atoms with E-state index in [-0.39, 0.29) is 5.41 Å². The lowest BCUT2D eigenvalue weighted by molar-refractivity contribution is 0.319. The molecule has 1 aromatic rings. The Balaban J connectivity index is 2.47. The van der Waals surface area contributed by atoms with Crippen LogP contribution in [0.2, 0.25) is 0 Å². The van der Waals surface area contributed by atoms with Crippen molar-refractivity contribution in [2.24, 2.45) is 11.1 Å². The number of nitrogens with one attached hydrogen (secondary N) is 1. The molecule has 4 heteroatoms. The molecule has 0 heterocycles. The highest BCUT2D eigenvalue weighted by molar-refractivity contribution is 9.10. The first kappa shape index (κ1) is 15.5. The van der Waals surface area contributed by atoms with E-state index in [4.69, 9.17) is 10.5 Å². The van der Waals surface area contributed by atoms with Crippen LogP contribution in [0, 0.1) is 5.41 Å². The summed E-state index contributed by atoms with van der Waals surface area (Å²) >= 11 is 3.49. The molecule has 1 aromatic carbocycles. The average Bonchev–Trinajstić information content (AvgIpc) is 2.29. The molecule has 1 rings (SSSR count). The highest BCUT2D eigenvalue weighted by atomic mass is 79.9. The molecule has 0 saturated carbocycles. The molecule has 0 aliphatic heterocycles. The van der Waals surface area contributed by atoms with E-state index in [9.17, 15) is 0 Å². The van der Waals surface area contributed by atoms with Crippen molar-refractivity contribution in [2.45, 2.75) is 26.8 Å². The van der Waals surface area contributed by atoms with Crippen molar-refractivity contribution >= 4 is 15.9 Å². The fourth-order valence-corrected chi connectivity index (χ4v) is 2.43. The molecule has 0 bridgehead atoms. The van der Waals surface area contributed by atoms with Crippen LogP contribution in [0.1, 0.15) is 25.8 Å². The predicted octanol–water partition coefficient (Wildman–Crippen LogP) is 2.92. The Morgan fingerprint density at radius 1 is 1.39 bits per heavy atom. The van der Waals surface area contributed by atoms with Gasteiger partial charge in [-0.3, -0.25) is 0 Å². The molecule has 0 saturated heterocycles. The highest BCUT2D eigenvalue weighted by Gasteiger charge is 2.15. The van der Waals surface area contributed by atoms with Gasteiger partial charge in [0.15, 0.2) is 0 Å². The Bertz CT molecular complexity index is 380. The SMILES string of the molecule is COc1ccc(CNCC(C)(C)CCN)cc1Br. The van der Waals surface area contributed by atoms with E-state index in [0.29, 0.717) is 0 Å². The van der Waals surface area contributed by atoms with Crippen LogP contribution < -0.4 is 15.8 Å². The van der Waals surface area contributed by atoms with E-state index in [1.165, 1.54) is 5.56 Å².